The molecule has 0 saturated carbocycles. The van der Waals surface area contributed by atoms with Crippen LogP contribution in [-0.4, -0.2) is 44.4 Å². The summed E-state index contributed by atoms with van der Waals surface area (Å²) in [6.45, 7) is 9.25. The molecule has 1 aliphatic rings. The normalized spacial score (nSPS) is 17.4. The Hall–Kier alpha value is -1.10. The molecule has 0 bridgehead atoms. The third-order valence-corrected chi connectivity index (χ3v) is 3.35. The van der Waals surface area contributed by atoms with E-state index in [0.717, 1.165) is 44.2 Å². The zero-order valence-electron chi connectivity index (χ0n) is 11.9. The highest BCUT2D eigenvalue weighted by molar-refractivity contribution is 5.37. The number of nitrogens with two attached hydrogens (primary N) is 1. The number of hydrogen-bond acceptors (Lipinski definition) is 4. The molecule has 0 atom stereocenters. The molecular formula is C15H24N2O2. The minimum atomic E-state index is -0.379. The van der Waals surface area contributed by atoms with Crippen molar-refractivity contribution in [2.24, 2.45) is 5.73 Å². The van der Waals surface area contributed by atoms with Gasteiger partial charge >= 0.3 is 0 Å². The largest absolute Gasteiger partial charge is 0.492 e. The Kier molecular flexibility index (Phi) is 4.80. The lowest BCUT2D eigenvalue weighted by Gasteiger charge is -2.27. The van der Waals surface area contributed by atoms with Crippen molar-refractivity contribution >= 4 is 0 Å². The first-order valence-electron chi connectivity index (χ1n) is 6.88. The number of ether oxygens (including phenoxy) is 2. The second-order valence-electron chi connectivity index (χ2n) is 5.52. The maximum absolute atomic E-state index is 6.17. The molecule has 4 nitrogen and oxygen atoms in total. The average molecular weight is 264 g/mol. The lowest BCUT2D eigenvalue weighted by atomic mass is 9.95. The quantitative estimate of drug-likeness (QED) is 0.877. The van der Waals surface area contributed by atoms with E-state index in [1.165, 1.54) is 0 Å². The van der Waals surface area contributed by atoms with E-state index in [1.807, 2.05) is 38.1 Å². The van der Waals surface area contributed by atoms with Crippen molar-refractivity contribution < 1.29 is 9.47 Å². The highest BCUT2D eigenvalue weighted by atomic mass is 16.5. The van der Waals surface area contributed by atoms with E-state index in [9.17, 15) is 0 Å². The van der Waals surface area contributed by atoms with Gasteiger partial charge in [0, 0.05) is 30.7 Å². The van der Waals surface area contributed by atoms with Crippen LogP contribution >= 0.6 is 0 Å². The average Bonchev–Trinajstić information content (AvgIpc) is 2.39. The molecule has 1 heterocycles. The molecule has 1 aromatic carbocycles. The smallest absolute Gasteiger partial charge is 0.124 e. The van der Waals surface area contributed by atoms with E-state index in [4.69, 9.17) is 15.2 Å². The molecule has 0 aromatic heterocycles. The summed E-state index contributed by atoms with van der Waals surface area (Å²) in [7, 11) is 0. The minimum Gasteiger partial charge on any atom is -0.492 e. The fourth-order valence-corrected chi connectivity index (χ4v) is 2.23. The van der Waals surface area contributed by atoms with Gasteiger partial charge in [0.1, 0.15) is 12.4 Å². The van der Waals surface area contributed by atoms with Crippen LogP contribution in [0.15, 0.2) is 24.3 Å². The first-order chi connectivity index (χ1) is 9.07. The van der Waals surface area contributed by atoms with Crippen molar-refractivity contribution in [1.29, 1.82) is 0 Å². The van der Waals surface area contributed by atoms with Gasteiger partial charge in [0.2, 0.25) is 0 Å². The fraction of sp³-hybridized carbons (Fsp3) is 0.600. The Labute approximate surface area is 115 Å². The molecule has 2 rings (SSSR count). The van der Waals surface area contributed by atoms with E-state index in [0.29, 0.717) is 6.61 Å². The van der Waals surface area contributed by atoms with Crippen molar-refractivity contribution in [3.8, 4) is 5.75 Å². The van der Waals surface area contributed by atoms with Gasteiger partial charge in [-0.25, -0.2) is 0 Å². The molecule has 0 aliphatic carbocycles. The number of hydrogen-bond donors (Lipinski definition) is 1. The van der Waals surface area contributed by atoms with Crippen LogP contribution in [0.5, 0.6) is 5.75 Å². The van der Waals surface area contributed by atoms with Crippen molar-refractivity contribution in [3.05, 3.63) is 29.8 Å². The summed E-state index contributed by atoms with van der Waals surface area (Å²) in [6, 6.07) is 8.01. The molecule has 0 unspecified atom stereocenters. The predicted octanol–water partition coefficient (Wildman–Crippen LogP) is 1.59. The van der Waals surface area contributed by atoms with Crippen LogP contribution in [0.25, 0.3) is 0 Å². The summed E-state index contributed by atoms with van der Waals surface area (Å²) < 4.78 is 11.2. The van der Waals surface area contributed by atoms with E-state index in [2.05, 4.69) is 4.90 Å². The number of nitrogens with zero attached hydrogens (tertiary/aromatic N) is 1. The second-order valence-corrected chi connectivity index (χ2v) is 5.52. The maximum Gasteiger partial charge on any atom is 0.124 e. The predicted molar refractivity (Wildman–Crippen MR) is 76.4 cm³/mol. The van der Waals surface area contributed by atoms with Gasteiger partial charge in [-0.15, -0.1) is 0 Å². The summed E-state index contributed by atoms with van der Waals surface area (Å²) in [5.74, 6) is 0.892. The van der Waals surface area contributed by atoms with Gasteiger partial charge in [-0.1, -0.05) is 18.2 Å². The molecule has 1 aliphatic heterocycles. The minimum absolute atomic E-state index is 0.379. The van der Waals surface area contributed by atoms with Crippen molar-refractivity contribution in [1.82, 2.24) is 4.90 Å². The lowest BCUT2D eigenvalue weighted by molar-refractivity contribution is 0.0321. The lowest BCUT2D eigenvalue weighted by Crippen LogP contribution is -2.38. The van der Waals surface area contributed by atoms with Crippen LogP contribution in [0.4, 0.5) is 0 Å². The Morgan fingerprint density at radius 3 is 2.63 bits per heavy atom. The molecule has 0 amide bonds. The van der Waals surface area contributed by atoms with Gasteiger partial charge < -0.3 is 15.2 Å². The topological polar surface area (TPSA) is 47.7 Å². The number of morpholine rings is 1. The Balaban J connectivity index is 1.88. The Morgan fingerprint density at radius 2 is 1.95 bits per heavy atom. The molecule has 1 fully saturated rings. The van der Waals surface area contributed by atoms with Crippen LogP contribution in [0.3, 0.4) is 0 Å². The molecule has 1 aromatic rings. The zero-order chi connectivity index (χ0) is 13.7. The third kappa shape index (κ3) is 4.20. The van der Waals surface area contributed by atoms with Gasteiger partial charge in [-0.3, -0.25) is 4.90 Å². The summed E-state index contributed by atoms with van der Waals surface area (Å²) in [5, 5.41) is 0. The van der Waals surface area contributed by atoms with Gasteiger partial charge in [0.15, 0.2) is 0 Å². The van der Waals surface area contributed by atoms with Crippen LogP contribution in [0.1, 0.15) is 19.4 Å². The molecule has 2 N–H and O–H groups in total. The molecule has 106 valence electrons. The molecule has 4 heteroatoms. The maximum atomic E-state index is 6.17. The summed E-state index contributed by atoms with van der Waals surface area (Å²) in [6.07, 6.45) is 0. The van der Waals surface area contributed by atoms with Crippen LogP contribution < -0.4 is 10.5 Å². The standard InChI is InChI=1S/C15H24N2O2/c1-15(2,16)13-5-3-4-6-14(13)19-12-9-17-7-10-18-11-8-17/h3-6H,7-12,16H2,1-2H3. The van der Waals surface area contributed by atoms with Crippen molar-refractivity contribution in [2.45, 2.75) is 19.4 Å². The van der Waals surface area contributed by atoms with Gasteiger partial charge in [0.05, 0.1) is 13.2 Å². The van der Waals surface area contributed by atoms with Crippen molar-refractivity contribution in [3.63, 3.8) is 0 Å². The van der Waals surface area contributed by atoms with Crippen LogP contribution in [0, 0.1) is 0 Å². The zero-order valence-corrected chi connectivity index (χ0v) is 11.9. The Morgan fingerprint density at radius 1 is 1.26 bits per heavy atom. The molecule has 1 saturated heterocycles. The highest BCUT2D eigenvalue weighted by Gasteiger charge is 2.19. The first-order valence-corrected chi connectivity index (χ1v) is 6.88. The van der Waals surface area contributed by atoms with E-state index >= 15 is 0 Å². The van der Waals surface area contributed by atoms with E-state index < -0.39 is 0 Å². The summed E-state index contributed by atoms with van der Waals surface area (Å²) >= 11 is 0. The fourth-order valence-electron chi connectivity index (χ4n) is 2.23. The number of rotatable bonds is 5. The summed E-state index contributed by atoms with van der Waals surface area (Å²) in [5.41, 5.74) is 6.84. The SMILES string of the molecule is CC(C)(N)c1ccccc1OCCN1CCOCC1. The monoisotopic (exact) mass is 264 g/mol. The highest BCUT2D eigenvalue weighted by Crippen LogP contribution is 2.27. The molecular weight excluding hydrogens is 240 g/mol. The first kappa shape index (κ1) is 14.3. The second kappa shape index (κ2) is 6.37. The molecule has 19 heavy (non-hydrogen) atoms. The number of benzene rings is 1. The van der Waals surface area contributed by atoms with Crippen LogP contribution in [-0.2, 0) is 10.3 Å². The molecule has 0 spiro atoms. The van der Waals surface area contributed by atoms with Gasteiger partial charge in [0.25, 0.3) is 0 Å². The van der Waals surface area contributed by atoms with Crippen LogP contribution in [0.2, 0.25) is 0 Å². The van der Waals surface area contributed by atoms with Crippen molar-refractivity contribution in [2.75, 3.05) is 39.5 Å². The van der Waals surface area contributed by atoms with E-state index in [1.54, 1.807) is 0 Å². The number of para-hydroxylation sites is 1. The third-order valence-electron chi connectivity index (χ3n) is 3.35. The van der Waals surface area contributed by atoms with Gasteiger partial charge in [-0.05, 0) is 19.9 Å². The summed E-state index contributed by atoms with van der Waals surface area (Å²) in [4.78, 5) is 2.36. The van der Waals surface area contributed by atoms with E-state index in [-0.39, 0.29) is 5.54 Å². The molecule has 0 radical (unpaired) electrons. The van der Waals surface area contributed by atoms with Gasteiger partial charge in [-0.2, -0.15) is 0 Å². The Bertz CT molecular complexity index is 395.